The number of hydrogen-bond donors (Lipinski definition) is 4. The molecule has 0 saturated carbocycles. The molecule has 0 spiro atoms. The maximum absolute atomic E-state index is 13.4. The van der Waals surface area contributed by atoms with E-state index in [9.17, 15) is 28.8 Å². The molecule has 4 aliphatic heterocycles. The van der Waals surface area contributed by atoms with Crippen molar-refractivity contribution in [3.8, 4) is 0 Å². The summed E-state index contributed by atoms with van der Waals surface area (Å²) in [4.78, 5) is 90.4. The van der Waals surface area contributed by atoms with Gasteiger partial charge in [-0.2, -0.15) is 0 Å². The molecule has 2 atom stereocenters. The number of piperidine rings is 2. The molecule has 1 aromatic heterocycles. The molecule has 14 heteroatoms. The van der Waals surface area contributed by atoms with Gasteiger partial charge in [0.15, 0.2) is 0 Å². The molecule has 5 heterocycles. The van der Waals surface area contributed by atoms with Crippen LogP contribution in [0.2, 0.25) is 0 Å². The molecule has 3 saturated heterocycles. The average molecular weight is 759 g/mol. The van der Waals surface area contributed by atoms with Gasteiger partial charge in [-0.3, -0.25) is 43.9 Å². The van der Waals surface area contributed by atoms with E-state index < -0.39 is 29.7 Å². The SMILES string of the molecule is C[C@H]1CCCN1Cc1nc2ccc(NC(=O)c3ccc(C(=O)N4CCC(CCCNc5cccc6c5C(=O)N(C5CCC(=O)NC5=O)C6=O)CC4)cc3)cc2[nH]1. The second-order valence-electron chi connectivity index (χ2n) is 15.4. The lowest BCUT2D eigenvalue weighted by molar-refractivity contribution is -0.136. The van der Waals surface area contributed by atoms with Crippen molar-refractivity contribution in [2.45, 2.75) is 76.9 Å². The molecule has 56 heavy (non-hydrogen) atoms. The first-order valence-corrected chi connectivity index (χ1v) is 19.6. The highest BCUT2D eigenvalue weighted by Gasteiger charge is 2.45. The Morgan fingerprint density at radius 1 is 0.893 bits per heavy atom. The number of imidazole rings is 1. The van der Waals surface area contributed by atoms with Gasteiger partial charge in [0.25, 0.3) is 23.6 Å². The van der Waals surface area contributed by atoms with Crippen molar-refractivity contribution < 1.29 is 28.8 Å². The number of nitrogens with one attached hydrogen (secondary N) is 4. The highest BCUT2D eigenvalue weighted by atomic mass is 16.2. The van der Waals surface area contributed by atoms with Crippen LogP contribution >= 0.6 is 0 Å². The van der Waals surface area contributed by atoms with Crippen LogP contribution in [0.1, 0.15) is 106 Å². The Balaban J connectivity index is 0.784. The first-order valence-electron chi connectivity index (χ1n) is 19.6. The molecular formula is C42H46N8O6. The standard InChI is InChI=1S/C42H46N8O6/c1-25-5-4-20-49(25)24-35-45-31-14-13-29(23-33(31)46-35)44-38(52)27-9-11-28(12-10-27)40(54)48-21-17-26(18-22-48)6-3-19-43-32-8-2-7-30-37(32)42(56)50(41(30)55)34-15-16-36(51)47-39(34)53/h2,7-14,23,25-26,34,43H,3-6,15-22,24H2,1H3,(H,44,52)(H,45,46)(H,47,51,53)/t25-,34?/m0/s1. The van der Waals surface area contributed by atoms with E-state index in [0.29, 0.717) is 54.1 Å². The van der Waals surface area contributed by atoms with E-state index in [2.05, 4.69) is 32.8 Å². The molecule has 4 aliphatic rings. The maximum Gasteiger partial charge on any atom is 0.264 e. The van der Waals surface area contributed by atoms with Crippen LogP contribution < -0.4 is 16.0 Å². The monoisotopic (exact) mass is 758 g/mol. The van der Waals surface area contributed by atoms with Crippen LogP contribution in [-0.2, 0) is 16.1 Å². The zero-order valence-electron chi connectivity index (χ0n) is 31.4. The van der Waals surface area contributed by atoms with Crippen molar-refractivity contribution in [2.75, 3.05) is 36.8 Å². The number of aromatic amines is 1. The van der Waals surface area contributed by atoms with Crippen LogP contribution in [0.5, 0.6) is 0 Å². The number of rotatable bonds is 11. The Morgan fingerprint density at radius 3 is 2.43 bits per heavy atom. The van der Waals surface area contributed by atoms with Crippen molar-refractivity contribution in [1.82, 2.24) is 30.0 Å². The van der Waals surface area contributed by atoms with Crippen molar-refractivity contribution >= 4 is 57.9 Å². The molecule has 14 nitrogen and oxygen atoms in total. The number of aromatic nitrogens is 2. The van der Waals surface area contributed by atoms with Gasteiger partial charge in [-0.05, 0) is 119 Å². The molecule has 8 rings (SSSR count). The van der Waals surface area contributed by atoms with Crippen molar-refractivity contribution in [3.05, 3.63) is 88.7 Å². The topological polar surface area (TPSA) is 177 Å². The molecule has 0 radical (unpaired) electrons. The summed E-state index contributed by atoms with van der Waals surface area (Å²) < 4.78 is 0. The number of anilines is 2. The number of hydrogen-bond acceptors (Lipinski definition) is 9. The number of fused-ring (bicyclic) bond motifs is 2. The molecule has 3 fully saturated rings. The van der Waals surface area contributed by atoms with E-state index in [4.69, 9.17) is 4.98 Å². The fourth-order valence-corrected chi connectivity index (χ4v) is 8.49. The minimum absolute atomic E-state index is 0.0515. The molecular weight excluding hydrogens is 713 g/mol. The summed E-state index contributed by atoms with van der Waals surface area (Å²) in [5.74, 6) is -1.04. The molecule has 0 aliphatic carbocycles. The Labute approximate surface area is 324 Å². The zero-order valence-corrected chi connectivity index (χ0v) is 31.4. The van der Waals surface area contributed by atoms with Gasteiger partial charge >= 0.3 is 0 Å². The number of amides is 6. The Kier molecular flexibility index (Phi) is 10.4. The first-order chi connectivity index (χ1) is 27.1. The molecule has 6 amide bonds. The third-order valence-electron chi connectivity index (χ3n) is 11.7. The van der Waals surface area contributed by atoms with Gasteiger partial charge in [-0.1, -0.05) is 6.07 Å². The predicted molar refractivity (Wildman–Crippen MR) is 209 cm³/mol. The van der Waals surface area contributed by atoms with E-state index in [1.165, 1.54) is 12.8 Å². The average Bonchev–Trinajstić information content (AvgIpc) is 3.88. The normalized spacial score (nSPS) is 20.4. The van der Waals surface area contributed by atoms with Gasteiger partial charge in [0.1, 0.15) is 11.9 Å². The van der Waals surface area contributed by atoms with E-state index in [1.807, 2.05) is 23.1 Å². The van der Waals surface area contributed by atoms with Gasteiger partial charge < -0.3 is 20.5 Å². The third kappa shape index (κ3) is 7.53. The van der Waals surface area contributed by atoms with Crippen LogP contribution in [0.4, 0.5) is 11.4 Å². The second-order valence-corrected chi connectivity index (χ2v) is 15.4. The summed E-state index contributed by atoms with van der Waals surface area (Å²) >= 11 is 0. The molecule has 4 N–H and O–H groups in total. The van der Waals surface area contributed by atoms with E-state index in [1.54, 1.807) is 42.5 Å². The number of nitrogens with zero attached hydrogens (tertiary/aromatic N) is 4. The van der Waals surface area contributed by atoms with Gasteiger partial charge in [0, 0.05) is 54.6 Å². The van der Waals surface area contributed by atoms with Crippen LogP contribution in [0.15, 0.2) is 60.7 Å². The zero-order chi connectivity index (χ0) is 38.9. The second kappa shape index (κ2) is 15.7. The lowest BCUT2D eigenvalue weighted by Crippen LogP contribution is -2.54. The summed E-state index contributed by atoms with van der Waals surface area (Å²) in [5, 5.41) is 8.51. The highest BCUT2D eigenvalue weighted by Crippen LogP contribution is 2.33. The third-order valence-corrected chi connectivity index (χ3v) is 11.7. The number of carbonyl (C=O) groups excluding carboxylic acids is 6. The summed E-state index contributed by atoms with van der Waals surface area (Å²) in [6.07, 6.45) is 6.12. The first kappa shape index (κ1) is 37.1. The molecule has 3 aromatic carbocycles. The largest absolute Gasteiger partial charge is 0.384 e. The number of H-pyrrole nitrogens is 1. The van der Waals surface area contributed by atoms with Gasteiger partial charge in [0.05, 0.1) is 28.7 Å². The number of likely N-dealkylation sites (tertiary alicyclic amines) is 2. The summed E-state index contributed by atoms with van der Waals surface area (Å²) in [5.41, 5.74) is 4.46. The summed E-state index contributed by atoms with van der Waals surface area (Å²) in [6, 6.07) is 17.0. The number of carbonyl (C=O) groups is 6. The fraction of sp³-hybridized carbons (Fsp3) is 0.405. The van der Waals surface area contributed by atoms with Crippen LogP contribution in [0.3, 0.4) is 0 Å². The van der Waals surface area contributed by atoms with Crippen molar-refractivity contribution in [3.63, 3.8) is 0 Å². The molecule has 4 aromatic rings. The Morgan fingerprint density at radius 2 is 1.68 bits per heavy atom. The van der Waals surface area contributed by atoms with Gasteiger partial charge in [-0.15, -0.1) is 0 Å². The van der Waals surface area contributed by atoms with E-state index >= 15 is 0 Å². The van der Waals surface area contributed by atoms with Gasteiger partial charge in [0.2, 0.25) is 11.8 Å². The van der Waals surface area contributed by atoms with E-state index in [0.717, 1.165) is 60.5 Å². The van der Waals surface area contributed by atoms with Crippen LogP contribution in [0, 0.1) is 5.92 Å². The van der Waals surface area contributed by atoms with Crippen LogP contribution in [-0.4, -0.2) is 98.4 Å². The van der Waals surface area contributed by atoms with Crippen molar-refractivity contribution in [2.24, 2.45) is 5.92 Å². The quantitative estimate of drug-likeness (QED) is 0.122. The smallest absolute Gasteiger partial charge is 0.264 e. The highest BCUT2D eigenvalue weighted by molar-refractivity contribution is 6.25. The Bertz CT molecular complexity index is 2210. The lowest BCUT2D eigenvalue weighted by Gasteiger charge is -2.32. The predicted octanol–water partition coefficient (Wildman–Crippen LogP) is 4.95. The number of imide groups is 2. The maximum atomic E-state index is 13.4. The van der Waals surface area contributed by atoms with Crippen LogP contribution in [0.25, 0.3) is 11.0 Å². The minimum Gasteiger partial charge on any atom is -0.384 e. The van der Waals surface area contributed by atoms with E-state index in [-0.39, 0.29) is 35.8 Å². The number of benzene rings is 3. The van der Waals surface area contributed by atoms with Crippen molar-refractivity contribution in [1.29, 1.82) is 0 Å². The fourth-order valence-electron chi connectivity index (χ4n) is 8.49. The van der Waals surface area contributed by atoms with Gasteiger partial charge in [-0.25, -0.2) is 4.98 Å². The minimum atomic E-state index is -1.01. The molecule has 1 unspecified atom stereocenters. The molecule has 290 valence electrons. The Hall–Kier alpha value is -5.89. The summed E-state index contributed by atoms with van der Waals surface area (Å²) in [6.45, 7) is 5.99. The summed E-state index contributed by atoms with van der Waals surface area (Å²) in [7, 11) is 0. The molecule has 0 bridgehead atoms. The lowest BCUT2D eigenvalue weighted by atomic mass is 9.92.